The van der Waals surface area contributed by atoms with E-state index < -0.39 is 0 Å². The SMILES string of the molecule is CNC(CC1CCCCC1)c1nccnc1OC. The van der Waals surface area contributed by atoms with Crippen molar-refractivity contribution in [3.63, 3.8) is 0 Å². The molecule has 0 radical (unpaired) electrons. The van der Waals surface area contributed by atoms with Gasteiger partial charge in [-0.05, 0) is 19.4 Å². The zero-order valence-corrected chi connectivity index (χ0v) is 11.4. The van der Waals surface area contributed by atoms with E-state index in [0.29, 0.717) is 5.88 Å². The maximum absolute atomic E-state index is 5.30. The predicted octanol–water partition coefficient (Wildman–Crippen LogP) is 2.72. The number of nitrogens with zero attached hydrogens (tertiary/aromatic N) is 2. The molecule has 1 saturated carbocycles. The van der Waals surface area contributed by atoms with Crippen molar-refractivity contribution < 1.29 is 4.74 Å². The first-order valence-corrected chi connectivity index (χ1v) is 6.87. The van der Waals surface area contributed by atoms with Crippen LogP contribution in [0.3, 0.4) is 0 Å². The van der Waals surface area contributed by atoms with E-state index in [2.05, 4.69) is 15.3 Å². The molecule has 0 saturated heterocycles. The summed E-state index contributed by atoms with van der Waals surface area (Å²) in [5.74, 6) is 1.45. The Morgan fingerprint density at radius 3 is 2.67 bits per heavy atom. The third-order valence-electron chi connectivity index (χ3n) is 3.86. The minimum absolute atomic E-state index is 0.247. The lowest BCUT2D eigenvalue weighted by Gasteiger charge is -2.26. The molecule has 1 aromatic heterocycles. The number of hydrogen-bond acceptors (Lipinski definition) is 4. The van der Waals surface area contributed by atoms with E-state index in [4.69, 9.17) is 4.74 Å². The van der Waals surface area contributed by atoms with Crippen molar-refractivity contribution in [3.8, 4) is 5.88 Å². The Labute approximate surface area is 109 Å². The Balaban J connectivity index is 2.07. The molecule has 4 nitrogen and oxygen atoms in total. The number of nitrogens with one attached hydrogen (secondary N) is 1. The van der Waals surface area contributed by atoms with Gasteiger partial charge in [0.25, 0.3) is 0 Å². The predicted molar refractivity (Wildman–Crippen MR) is 71.6 cm³/mol. The monoisotopic (exact) mass is 249 g/mol. The molecule has 0 amide bonds. The Morgan fingerprint density at radius 1 is 1.28 bits per heavy atom. The smallest absolute Gasteiger partial charge is 0.236 e. The zero-order valence-electron chi connectivity index (χ0n) is 11.4. The first-order chi connectivity index (χ1) is 8.85. The van der Waals surface area contributed by atoms with Gasteiger partial charge in [0.2, 0.25) is 5.88 Å². The second-order valence-corrected chi connectivity index (χ2v) is 5.03. The minimum Gasteiger partial charge on any atom is -0.480 e. The van der Waals surface area contributed by atoms with Gasteiger partial charge >= 0.3 is 0 Å². The number of ether oxygens (including phenoxy) is 1. The van der Waals surface area contributed by atoms with E-state index in [1.165, 1.54) is 32.1 Å². The molecule has 1 heterocycles. The Hall–Kier alpha value is -1.16. The Bertz CT molecular complexity index is 364. The summed E-state index contributed by atoms with van der Waals surface area (Å²) in [6, 6.07) is 0.247. The quantitative estimate of drug-likeness (QED) is 0.871. The zero-order chi connectivity index (χ0) is 12.8. The fraction of sp³-hybridized carbons (Fsp3) is 0.714. The lowest BCUT2D eigenvalue weighted by atomic mass is 9.84. The van der Waals surface area contributed by atoms with Crippen LogP contribution in [0.25, 0.3) is 0 Å². The molecule has 0 aliphatic heterocycles. The fourth-order valence-corrected chi connectivity index (χ4v) is 2.85. The van der Waals surface area contributed by atoms with Crippen molar-refractivity contribution in [2.45, 2.75) is 44.6 Å². The molecule has 100 valence electrons. The number of hydrogen-bond donors (Lipinski definition) is 1. The summed E-state index contributed by atoms with van der Waals surface area (Å²) >= 11 is 0. The number of aromatic nitrogens is 2. The maximum Gasteiger partial charge on any atom is 0.236 e. The first-order valence-electron chi connectivity index (χ1n) is 6.87. The molecule has 1 unspecified atom stereocenters. The normalized spacial score (nSPS) is 18.6. The molecule has 0 spiro atoms. The summed E-state index contributed by atoms with van der Waals surface area (Å²) in [6.45, 7) is 0. The van der Waals surface area contributed by atoms with Crippen molar-refractivity contribution in [1.82, 2.24) is 15.3 Å². The third kappa shape index (κ3) is 3.19. The van der Waals surface area contributed by atoms with Gasteiger partial charge in [0.15, 0.2) is 0 Å². The highest BCUT2D eigenvalue weighted by atomic mass is 16.5. The van der Waals surface area contributed by atoms with Crippen LogP contribution in [-0.4, -0.2) is 24.1 Å². The molecule has 1 aromatic rings. The fourth-order valence-electron chi connectivity index (χ4n) is 2.85. The standard InChI is InChI=1S/C14H23N3O/c1-15-12(10-11-6-4-3-5-7-11)13-14(18-2)17-9-8-16-13/h8-9,11-12,15H,3-7,10H2,1-2H3. The van der Waals surface area contributed by atoms with Crippen molar-refractivity contribution in [1.29, 1.82) is 0 Å². The van der Waals surface area contributed by atoms with Gasteiger partial charge in [0, 0.05) is 12.4 Å². The summed E-state index contributed by atoms with van der Waals surface area (Å²) in [5.41, 5.74) is 0.938. The molecule has 1 atom stereocenters. The molecule has 2 rings (SSSR count). The van der Waals surface area contributed by atoms with Gasteiger partial charge in [0.1, 0.15) is 5.69 Å². The average molecular weight is 249 g/mol. The molecule has 4 heteroatoms. The van der Waals surface area contributed by atoms with Gasteiger partial charge in [-0.2, -0.15) is 0 Å². The highest BCUT2D eigenvalue weighted by Crippen LogP contribution is 2.33. The lowest BCUT2D eigenvalue weighted by Crippen LogP contribution is -2.23. The molecular weight excluding hydrogens is 226 g/mol. The largest absolute Gasteiger partial charge is 0.480 e. The van der Waals surface area contributed by atoms with Crippen LogP contribution in [0.1, 0.15) is 50.3 Å². The molecule has 1 aliphatic rings. The third-order valence-corrected chi connectivity index (χ3v) is 3.86. The Morgan fingerprint density at radius 2 is 2.00 bits per heavy atom. The summed E-state index contributed by atoms with van der Waals surface area (Å²) in [5, 5.41) is 3.36. The van der Waals surface area contributed by atoms with Crippen LogP contribution in [0.15, 0.2) is 12.4 Å². The van der Waals surface area contributed by atoms with Gasteiger partial charge in [-0.1, -0.05) is 32.1 Å². The highest BCUT2D eigenvalue weighted by Gasteiger charge is 2.22. The van der Waals surface area contributed by atoms with E-state index in [1.807, 2.05) is 7.05 Å². The summed E-state index contributed by atoms with van der Waals surface area (Å²) in [4.78, 5) is 8.67. The second kappa shape index (κ2) is 6.69. The van der Waals surface area contributed by atoms with E-state index in [1.54, 1.807) is 19.5 Å². The van der Waals surface area contributed by atoms with Crippen LogP contribution < -0.4 is 10.1 Å². The molecule has 1 aliphatic carbocycles. The van der Waals surface area contributed by atoms with Crippen molar-refractivity contribution in [2.24, 2.45) is 5.92 Å². The van der Waals surface area contributed by atoms with Crippen LogP contribution >= 0.6 is 0 Å². The number of rotatable bonds is 5. The minimum atomic E-state index is 0.247. The number of methoxy groups -OCH3 is 1. The van der Waals surface area contributed by atoms with Gasteiger partial charge in [-0.15, -0.1) is 0 Å². The molecule has 0 aromatic carbocycles. The van der Waals surface area contributed by atoms with Crippen molar-refractivity contribution in [2.75, 3.05) is 14.2 Å². The molecule has 1 fully saturated rings. The molecule has 0 bridgehead atoms. The van der Waals surface area contributed by atoms with Gasteiger partial charge in [0.05, 0.1) is 13.2 Å². The lowest BCUT2D eigenvalue weighted by molar-refractivity contribution is 0.296. The van der Waals surface area contributed by atoms with Gasteiger partial charge < -0.3 is 10.1 Å². The summed E-state index contributed by atoms with van der Waals surface area (Å²) < 4.78 is 5.30. The van der Waals surface area contributed by atoms with Crippen molar-refractivity contribution in [3.05, 3.63) is 18.1 Å². The highest BCUT2D eigenvalue weighted by molar-refractivity contribution is 5.21. The molecular formula is C14H23N3O. The van der Waals surface area contributed by atoms with E-state index in [9.17, 15) is 0 Å². The topological polar surface area (TPSA) is 47.0 Å². The summed E-state index contributed by atoms with van der Waals surface area (Å²) in [7, 11) is 3.64. The Kier molecular flexibility index (Phi) is 4.93. The van der Waals surface area contributed by atoms with E-state index >= 15 is 0 Å². The maximum atomic E-state index is 5.30. The van der Waals surface area contributed by atoms with E-state index in [0.717, 1.165) is 18.0 Å². The van der Waals surface area contributed by atoms with E-state index in [-0.39, 0.29) is 6.04 Å². The van der Waals surface area contributed by atoms with Gasteiger partial charge in [-0.3, -0.25) is 4.98 Å². The van der Waals surface area contributed by atoms with Crippen LogP contribution in [-0.2, 0) is 0 Å². The average Bonchev–Trinajstić information content (AvgIpc) is 2.46. The van der Waals surface area contributed by atoms with Crippen LogP contribution in [0, 0.1) is 5.92 Å². The first kappa shape index (κ1) is 13.3. The summed E-state index contributed by atoms with van der Waals surface area (Å²) in [6.07, 6.45) is 11.4. The van der Waals surface area contributed by atoms with Crippen LogP contribution in [0.2, 0.25) is 0 Å². The second-order valence-electron chi connectivity index (χ2n) is 5.03. The molecule has 1 N–H and O–H groups in total. The molecule has 18 heavy (non-hydrogen) atoms. The van der Waals surface area contributed by atoms with Gasteiger partial charge in [-0.25, -0.2) is 4.98 Å². The van der Waals surface area contributed by atoms with Crippen LogP contribution in [0.5, 0.6) is 5.88 Å². The van der Waals surface area contributed by atoms with Crippen LogP contribution in [0.4, 0.5) is 0 Å². The van der Waals surface area contributed by atoms with Crippen molar-refractivity contribution >= 4 is 0 Å².